The molecule has 100 valence electrons. The molecule has 5 heteroatoms. The van der Waals surface area contributed by atoms with Gasteiger partial charge in [-0.25, -0.2) is 15.8 Å². The summed E-state index contributed by atoms with van der Waals surface area (Å²) < 4.78 is 0. The van der Waals surface area contributed by atoms with Gasteiger partial charge in [-0.3, -0.25) is 0 Å². The Labute approximate surface area is 109 Å². The number of nitrogen functional groups attached to an aromatic ring is 1. The van der Waals surface area contributed by atoms with E-state index in [0.29, 0.717) is 11.7 Å². The van der Waals surface area contributed by atoms with Crippen molar-refractivity contribution in [2.45, 2.75) is 46.0 Å². The Balaban J connectivity index is 2.17. The van der Waals surface area contributed by atoms with Crippen LogP contribution in [0.25, 0.3) is 0 Å². The van der Waals surface area contributed by atoms with Crippen molar-refractivity contribution in [3.05, 3.63) is 11.4 Å². The third kappa shape index (κ3) is 2.72. The lowest BCUT2D eigenvalue weighted by Crippen LogP contribution is -2.23. The molecule has 5 nitrogen and oxygen atoms in total. The van der Waals surface area contributed by atoms with E-state index in [1.54, 1.807) is 0 Å². The predicted octanol–water partition coefficient (Wildman–Crippen LogP) is 2.41. The number of rotatable bonds is 5. The highest BCUT2D eigenvalue weighted by molar-refractivity contribution is 5.56. The Bertz CT molecular complexity index is 412. The van der Waals surface area contributed by atoms with Crippen LogP contribution in [-0.4, -0.2) is 16.5 Å². The number of aromatic nitrogens is 2. The van der Waals surface area contributed by atoms with Crippen LogP contribution in [0.5, 0.6) is 0 Å². The molecule has 1 aliphatic carbocycles. The van der Waals surface area contributed by atoms with Gasteiger partial charge in [-0.15, -0.1) is 0 Å². The van der Waals surface area contributed by atoms with Gasteiger partial charge in [0.05, 0.1) is 0 Å². The molecule has 0 atom stereocenters. The van der Waals surface area contributed by atoms with Gasteiger partial charge < -0.3 is 10.7 Å². The maximum Gasteiger partial charge on any atom is 0.148 e. The van der Waals surface area contributed by atoms with E-state index in [9.17, 15) is 0 Å². The first-order chi connectivity index (χ1) is 8.61. The summed E-state index contributed by atoms with van der Waals surface area (Å²) in [5.41, 5.74) is 3.64. The molecule has 1 aliphatic rings. The lowest BCUT2D eigenvalue weighted by molar-refractivity contribution is 0.333. The van der Waals surface area contributed by atoms with Gasteiger partial charge in [0.15, 0.2) is 0 Å². The van der Waals surface area contributed by atoms with E-state index in [2.05, 4.69) is 34.6 Å². The molecule has 1 saturated carbocycles. The average Bonchev–Trinajstić information content (AvgIpc) is 2.28. The Morgan fingerprint density at radius 3 is 2.44 bits per heavy atom. The van der Waals surface area contributed by atoms with Crippen molar-refractivity contribution < 1.29 is 0 Å². The first-order valence-corrected chi connectivity index (χ1v) is 6.70. The van der Waals surface area contributed by atoms with Crippen LogP contribution in [-0.2, 0) is 0 Å². The second-order valence-electron chi connectivity index (χ2n) is 5.38. The van der Waals surface area contributed by atoms with Crippen LogP contribution >= 0.6 is 0 Å². The Morgan fingerprint density at radius 2 is 1.94 bits per heavy atom. The van der Waals surface area contributed by atoms with Crippen molar-refractivity contribution in [3.63, 3.8) is 0 Å². The molecule has 0 radical (unpaired) electrons. The largest absolute Gasteiger partial charge is 0.369 e. The fourth-order valence-corrected chi connectivity index (χ4v) is 2.04. The first kappa shape index (κ1) is 13.1. The lowest BCUT2D eigenvalue weighted by atomic mass is 9.85. The third-order valence-corrected chi connectivity index (χ3v) is 3.60. The molecule has 0 aromatic carbocycles. The van der Waals surface area contributed by atoms with Crippen molar-refractivity contribution >= 4 is 11.6 Å². The number of hydrazine groups is 1. The molecule has 0 aliphatic heterocycles. The standard InChI is InChI=1S/C13H23N5/c1-8(2)11-16-12(9(3)13(17-11)18-14)15-7-10-5-4-6-10/h8,10H,4-7,14H2,1-3H3,(H2,15,16,17,18). The second kappa shape index (κ2) is 5.52. The zero-order valence-electron chi connectivity index (χ0n) is 11.5. The van der Waals surface area contributed by atoms with E-state index >= 15 is 0 Å². The molecular formula is C13H23N5. The Kier molecular flexibility index (Phi) is 4.01. The van der Waals surface area contributed by atoms with Gasteiger partial charge in [-0.1, -0.05) is 20.3 Å². The van der Waals surface area contributed by atoms with Crippen molar-refractivity contribution in [3.8, 4) is 0 Å². The minimum Gasteiger partial charge on any atom is -0.369 e. The van der Waals surface area contributed by atoms with Gasteiger partial charge in [0.1, 0.15) is 17.5 Å². The smallest absolute Gasteiger partial charge is 0.148 e. The minimum absolute atomic E-state index is 0.293. The van der Waals surface area contributed by atoms with E-state index in [4.69, 9.17) is 5.84 Å². The zero-order chi connectivity index (χ0) is 13.1. The van der Waals surface area contributed by atoms with Gasteiger partial charge in [0.2, 0.25) is 0 Å². The molecule has 0 spiro atoms. The molecule has 0 amide bonds. The summed E-state index contributed by atoms with van der Waals surface area (Å²) in [5.74, 6) is 9.06. The summed E-state index contributed by atoms with van der Waals surface area (Å²) in [6.45, 7) is 7.16. The number of nitrogens with one attached hydrogen (secondary N) is 2. The monoisotopic (exact) mass is 249 g/mol. The molecule has 1 aromatic heterocycles. The molecule has 2 rings (SSSR count). The van der Waals surface area contributed by atoms with Gasteiger partial charge in [-0.2, -0.15) is 0 Å². The number of hydrogen-bond acceptors (Lipinski definition) is 5. The topological polar surface area (TPSA) is 75.9 Å². The first-order valence-electron chi connectivity index (χ1n) is 6.70. The molecule has 1 fully saturated rings. The highest BCUT2D eigenvalue weighted by atomic mass is 15.3. The van der Waals surface area contributed by atoms with E-state index in [-0.39, 0.29) is 0 Å². The number of nitrogens with zero attached hydrogens (tertiary/aromatic N) is 2. The van der Waals surface area contributed by atoms with E-state index in [1.165, 1.54) is 19.3 Å². The third-order valence-electron chi connectivity index (χ3n) is 3.60. The molecule has 1 aromatic rings. The molecule has 1 heterocycles. The average molecular weight is 249 g/mol. The molecule has 0 unspecified atom stereocenters. The highest BCUT2D eigenvalue weighted by Crippen LogP contribution is 2.28. The van der Waals surface area contributed by atoms with Crippen molar-refractivity contribution in [1.29, 1.82) is 0 Å². The van der Waals surface area contributed by atoms with Crippen LogP contribution in [0.1, 0.15) is 50.4 Å². The maximum absolute atomic E-state index is 5.51. The molecule has 0 bridgehead atoms. The summed E-state index contributed by atoms with van der Waals surface area (Å²) in [5, 5.41) is 3.44. The second-order valence-corrected chi connectivity index (χ2v) is 5.38. The Hall–Kier alpha value is -1.36. The van der Waals surface area contributed by atoms with Crippen LogP contribution in [0.2, 0.25) is 0 Å². The van der Waals surface area contributed by atoms with Crippen molar-refractivity contribution in [1.82, 2.24) is 9.97 Å². The van der Waals surface area contributed by atoms with Crippen LogP contribution in [0.4, 0.5) is 11.6 Å². The lowest BCUT2D eigenvalue weighted by Gasteiger charge is -2.26. The normalized spacial score (nSPS) is 15.6. The summed E-state index contributed by atoms with van der Waals surface area (Å²) in [6.07, 6.45) is 4.02. The Morgan fingerprint density at radius 1 is 1.28 bits per heavy atom. The minimum atomic E-state index is 0.293. The van der Waals surface area contributed by atoms with Crippen molar-refractivity contribution in [2.24, 2.45) is 11.8 Å². The van der Waals surface area contributed by atoms with Gasteiger partial charge in [-0.05, 0) is 25.7 Å². The maximum atomic E-state index is 5.51. The number of nitrogens with two attached hydrogens (primary N) is 1. The van der Waals surface area contributed by atoms with Crippen LogP contribution in [0.3, 0.4) is 0 Å². The van der Waals surface area contributed by atoms with Crippen molar-refractivity contribution in [2.75, 3.05) is 17.3 Å². The summed E-state index contributed by atoms with van der Waals surface area (Å²) in [4.78, 5) is 9.02. The van der Waals surface area contributed by atoms with Gasteiger partial charge in [0.25, 0.3) is 0 Å². The summed E-state index contributed by atoms with van der Waals surface area (Å²) >= 11 is 0. The molecule has 4 N–H and O–H groups in total. The fourth-order valence-electron chi connectivity index (χ4n) is 2.04. The van der Waals surface area contributed by atoms with E-state index < -0.39 is 0 Å². The zero-order valence-corrected chi connectivity index (χ0v) is 11.5. The SMILES string of the molecule is Cc1c(NN)nc(C(C)C)nc1NCC1CCC1. The number of anilines is 2. The molecule has 18 heavy (non-hydrogen) atoms. The van der Waals surface area contributed by atoms with Crippen LogP contribution in [0.15, 0.2) is 0 Å². The summed E-state index contributed by atoms with van der Waals surface area (Å²) in [7, 11) is 0. The highest BCUT2D eigenvalue weighted by Gasteiger charge is 2.18. The van der Waals surface area contributed by atoms with Gasteiger partial charge in [0, 0.05) is 18.0 Å². The van der Waals surface area contributed by atoms with Crippen LogP contribution < -0.4 is 16.6 Å². The fraction of sp³-hybridized carbons (Fsp3) is 0.692. The quantitative estimate of drug-likeness (QED) is 0.552. The van der Waals surface area contributed by atoms with E-state index in [0.717, 1.165) is 29.7 Å². The summed E-state index contributed by atoms with van der Waals surface area (Å²) in [6, 6.07) is 0. The van der Waals surface area contributed by atoms with Crippen LogP contribution in [0, 0.1) is 12.8 Å². The van der Waals surface area contributed by atoms with Gasteiger partial charge >= 0.3 is 0 Å². The number of hydrogen-bond donors (Lipinski definition) is 3. The van der Waals surface area contributed by atoms with E-state index in [1.807, 2.05) is 6.92 Å². The molecular weight excluding hydrogens is 226 g/mol. The molecule has 0 saturated heterocycles. The predicted molar refractivity (Wildman–Crippen MR) is 74.5 cm³/mol.